The van der Waals surface area contributed by atoms with E-state index < -0.39 is 70.7 Å². The number of hydrogen-bond acceptors (Lipinski definition) is 12. The predicted octanol–water partition coefficient (Wildman–Crippen LogP) is 1.69. The number of fused-ring (bicyclic) bond motifs is 2. The average molecular weight is 660 g/mol. The molecule has 1 aliphatic heterocycles. The summed E-state index contributed by atoms with van der Waals surface area (Å²) in [5.41, 5.74) is -4.08. The molecule has 1 heterocycles. The number of carbonyl (C=O) groups excluding carboxylic acids is 2. The first-order valence-corrected chi connectivity index (χ1v) is 16.8. The maximum atomic E-state index is 13.9. The summed E-state index contributed by atoms with van der Waals surface area (Å²) in [5.74, 6) is -2.51. The molecule has 2 N–H and O–H groups in total. The first-order chi connectivity index (χ1) is 22.5. The number of likely N-dealkylation sites (tertiary alicyclic amines) is 1. The molecule has 6 fully saturated rings. The first kappa shape index (κ1) is 33.2. The second-order valence-electron chi connectivity index (χ2n) is 14.7. The molecular weight excluding hydrogens is 610 g/mol. The SMILES string of the molecule is CCN1CC2(COC)CCC(OC)C34C5CC6(O)C(OC)C(O)C(OC(C)=O)(C5C6OC(=O)c5ccc(OC)cc5)C(C(OC)C23)C14. The van der Waals surface area contributed by atoms with Crippen LogP contribution in [0.5, 0.6) is 5.75 Å². The van der Waals surface area contributed by atoms with E-state index in [2.05, 4.69) is 11.8 Å². The molecule has 7 bridgehead atoms. The molecule has 0 amide bonds. The molecule has 1 aromatic rings. The Hall–Kier alpha value is -2.32. The predicted molar refractivity (Wildman–Crippen MR) is 166 cm³/mol. The highest BCUT2D eigenvalue weighted by Gasteiger charge is 2.91. The van der Waals surface area contributed by atoms with Crippen LogP contribution in [0.2, 0.25) is 0 Å². The number of benzene rings is 1. The number of hydrogen-bond donors (Lipinski definition) is 2. The van der Waals surface area contributed by atoms with Crippen molar-refractivity contribution in [3.63, 3.8) is 0 Å². The van der Waals surface area contributed by atoms with Crippen LogP contribution < -0.4 is 4.74 Å². The van der Waals surface area contributed by atoms with Gasteiger partial charge in [-0.1, -0.05) is 6.92 Å². The molecule has 7 rings (SSSR count). The van der Waals surface area contributed by atoms with Gasteiger partial charge in [0.2, 0.25) is 0 Å². The topological polar surface area (TPSA) is 142 Å². The van der Waals surface area contributed by atoms with Crippen LogP contribution in [0, 0.1) is 34.5 Å². The van der Waals surface area contributed by atoms with Gasteiger partial charge in [0.25, 0.3) is 0 Å². The van der Waals surface area contributed by atoms with Crippen LogP contribution in [0.15, 0.2) is 24.3 Å². The van der Waals surface area contributed by atoms with E-state index in [-0.39, 0.29) is 35.5 Å². The highest BCUT2D eigenvalue weighted by atomic mass is 16.6. The second-order valence-corrected chi connectivity index (χ2v) is 14.7. The zero-order valence-corrected chi connectivity index (χ0v) is 28.3. The maximum Gasteiger partial charge on any atom is 0.338 e. The minimum atomic E-state index is -1.79. The van der Waals surface area contributed by atoms with Crippen molar-refractivity contribution in [3.8, 4) is 5.75 Å². The van der Waals surface area contributed by atoms with Crippen molar-refractivity contribution < 1.29 is 53.0 Å². The zero-order valence-electron chi connectivity index (χ0n) is 28.3. The van der Waals surface area contributed by atoms with E-state index in [4.69, 9.17) is 33.2 Å². The van der Waals surface area contributed by atoms with Crippen LogP contribution in [-0.2, 0) is 33.2 Å². The third kappa shape index (κ3) is 3.95. The minimum absolute atomic E-state index is 0.118. The lowest BCUT2D eigenvalue weighted by atomic mass is 9.43. The van der Waals surface area contributed by atoms with Crippen molar-refractivity contribution in [1.29, 1.82) is 0 Å². The number of carbonyl (C=O) groups is 2. The smallest absolute Gasteiger partial charge is 0.338 e. The van der Waals surface area contributed by atoms with Crippen molar-refractivity contribution >= 4 is 11.9 Å². The fourth-order valence-electron chi connectivity index (χ4n) is 12.5. The molecule has 5 saturated carbocycles. The van der Waals surface area contributed by atoms with Gasteiger partial charge in [-0.3, -0.25) is 9.69 Å². The van der Waals surface area contributed by atoms with E-state index in [9.17, 15) is 19.8 Å². The van der Waals surface area contributed by atoms with Crippen LogP contribution in [0.1, 0.15) is 43.5 Å². The molecule has 0 aromatic heterocycles. The lowest BCUT2D eigenvalue weighted by molar-refractivity contribution is -0.317. The van der Waals surface area contributed by atoms with E-state index in [0.29, 0.717) is 18.9 Å². The molecule has 260 valence electrons. The third-order valence-corrected chi connectivity index (χ3v) is 13.4. The number of ether oxygens (including phenoxy) is 7. The minimum Gasteiger partial charge on any atom is -0.497 e. The molecule has 0 radical (unpaired) electrons. The van der Waals surface area contributed by atoms with Gasteiger partial charge in [0, 0.05) is 76.5 Å². The number of aliphatic hydroxyl groups excluding tert-OH is 1. The molecular formula is C35H49NO11. The summed E-state index contributed by atoms with van der Waals surface area (Å²) in [6.07, 6.45) is -2.79. The Morgan fingerprint density at radius 1 is 1.00 bits per heavy atom. The van der Waals surface area contributed by atoms with E-state index >= 15 is 0 Å². The van der Waals surface area contributed by atoms with E-state index in [1.165, 1.54) is 14.0 Å². The summed E-state index contributed by atoms with van der Waals surface area (Å²) in [4.78, 5) is 29.6. The Balaban J connectivity index is 1.48. The Labute approximate surface area is 275 Å². The summed E-state index contributed by atoms with van der Waals surface area (Å²) >= 11 is 0. The fourth-order valence-corrected chi connectivity index (χ4v) is 12.5. The average Bonchev–Trinajstić information content (AvgIpc) is 3.43. The van der Waals surface area contributed by atoms with Crippen LogP contribution in [-0.4, -0.2) is 130 Å². The highest BCUT2D eigenvalue weighted by molar-refractivity contribution is 5.89. The zero-order chi connectivity index (χ0) is 33.7. The summed E-state index contributed by atoms with van der Waals surface area (Å²) in [7, 11) is 8.11. The quantitative estimate of drug-likeness (QED) is 0.353. The van der Waals surface area contributed by atoms with Crippen LogP contribution >= 0.6 is 0 Å². The highest BCUT2D eigenvalue weighted by Crippen LogP contribution is 2.80. The van der Waals surface area contributed by atoms with Gasteiger partial charge < -0.3 is 43.4 Å². The van der Waals surface area contributed by atoms with Gasteiger partial charge >= 0.3 is 11.9 Å². The monoisotopic (exact) mass is 659 g/mol. The second kappa shape index (κ2) is 11.4. The number of aliphatic hydroxyl groups is 2. The molecule has 12 heteroatoms. The Bertz CT molecular complexity index is 1390. The van der Waals surface area contributed by atoms with Crippen molar-refractivity contribution in [1.82, 2.24) is 4.90 Å². The molecule has 1 saturated heterocycles. The van der Waals surface area contributed by atoms with Gasteiger partial charge in [-0.2, -0.15) is 0 Å². The van der Waals surface area contributed by atoms with Crippen LogP contribution in [0.3, 0.4) is 0 Å². The van der Waals surface area contributed by atoms with E-state index in [0.717, 1.165) is 19.4 Å². The first-order valence-electron chi connectivity index (χ1n) is 16.8. The fraction of sp³-hybridized carbons (Fsp3) is 0.771. The Kier molecular flexibility index (Phi) is 8.02. The Morgan fingerprint density at radius 2 is 1.72 bits per heavy atom. The van der Waals surface area contributed by atoms with Crippen LogP contribution in [0.4, 0.5) is 0 Å². The summed E-state index contributed by atoms with van der Waals surface area (Å²) < 4.78 is 43.1. The van der Waals surface area contributed by atoms with Gasteiger partial charge in [-0.25, -0.2) is 4.79 Å². The summed E-state index contributed by atoms with van der Waals surface area (Å²) in [6, 6.07) is 6.32. The van der Waals surface area contributed by atoms with Gasteiger partial charge in [-0.05, 0) is 56.0 Å². The third-order valence-electron chi connectivity index (χ3n) is 13.4. The number of methoxy groups -OCH3 is 5. The number of esters is 2. The maximum absolute atomic E-state index is 13.9. The normalized spacial score (nSPS) is 47.4. The van der Waals surface area contributed by atoms with Crippen molar-refractivity contribution in [3.05, 3.63) is 29.8 Å². The lowest BCUT2D eigenvalue weighted by Crippen LogP contribution is -2.80. The molecule has 47 heavy (non-hydrogen) atoms. The number of piperidine rings is 1. The number of rotatable bonds is 10. The largest absolute Gasteiger partial charge is 0.497 e. The number of nitrogens with zero attached hydrogens (tertiary/aromatic N) is 1. The van der Waals surface area contributed by atoms with Crippen LogP contribution in [0.25, 0.3) is 0 Å². The molecule has 1 aromatic carbocycles. The van der Waals surface area contributed by atoms with Crippen molar-refractivity contribution in [2.45, 2.75) is 80.9 Å². The molecule has 1 spiro atoms. The molecule has 14 unspecified atom stereocenters. The summed E-state index contributed by atoms with van der Waals surface area (Å²) in [6.45, 7) is 5.39. The van der Waals surface area contributed by atoms with Gasteiger partial charge in [0.15, 0.2) is 5.60 Å². The molecule has 6 aliphatic rings. The van der Waals surface area contributed by atoms with Gasteiger partial charge in [0.05, 0.1) is 31.5 Å². The van der Waals surface area contributed by atoms with Gasteiger partial charge in [0.1, 0.15) is 29.7 Å². The standard InChI is InChI=1S/C35H49NO11/c1-8-36-16-32(17-41-3)14-13-22(43-5)34-21-15-33(40)29(46-31(39)19-9-11-20(42-4)12-10-19)23(21)35(47-18(2)37,28(38)30(33)45-7)24(27(34)36)25(44-6)26(32)34/h9-12,21-30,38,40H,8,13-17H2,1-7H3. The lowest BCUT2D eigenvalue weighted by Gasteiger charge is -2.69. The van der Waals surface area contributed by atoms with Crippen molar-refractivity contribution in [2.75, 3.05) is 55.2 Å². The molecule has 5 aliphatic carbocycles. The summed E-state index contributed by atoms with van der Waals surface area (Å²) in [5, 5.41) is 25.4. The Morgan fingerprint density at radius 3 is 2.30 bits per heavy atom. The molecule has 14 atom stereocenters. The van der Waals surface area contributed by atoms with E-state index in [1.54, 1.807) is 52.7 Å². The molecule has 12 nitrogen and oxygen atoms in total. The van der Waals surface area contributed by atoms with E-state index in [1.807, 2.05) is 0 Å². The van der Waals surface area contributed by atoms with Gasteiger partial charge in [-0.15, -0.1) is 0 Å². The van der Waals surface area contributed by atoms with Crippen molar-refractivity contribution in [2.24, 2.45) is 34.5 Å².